The fraction of sp³-hybridized carbons (Fsp3) is 0.350. The van der Waals surface area contributed by atoms with Gasteiger partial charge >= 0.3 is 0 Å². The minimum atomic E-state index is 0.140. The van der Waals surface area contributed by atoms with Crippen molar-refractivity contribution in [3.8, 4) is 5.75 Å². The van der Waals surface area contributed by atoms with E-state index in [0.717, 1.165) is 42.4 Å². The molecule has 0 unspecified atom stereocenters. The molecule has 2 aromatic heterocycles. The molecule has 7 nitrogen and oxygen atoms in total. The van der Waals surface area contributed by atoms with Gasteiger partial charge in [0.2, 0.25) is 11.9 Å². The number of carbonyl (C=O) groups is 1. The summed E-state index contributed by atoms with van der Waals surface area (Å²) < 4.78 is 7.07. The van der Waals surface area contributed by atoms with E-state index < -0.39 is 0 Å². The average Bonchev–Trinajstić information content (AvgIpc) is 2.96. The second-order valence-corrected chi connectivity index (χ2v) is 7.26. The molecule has 28 heavy (non-hydrogen) atoms. The lowest BCUT2D eigenvalue weighted by Crippen LogP contribution is -2.36. The Morgan fingerprint density at radius 2 is 1.89 bits per heavy atom. The molecule has 0 aliphatic carbocycles. The van der Waals surface area contributed by atoms with E-state index in [9.17, 15) is 4.79 Å². The van der Waals surface area contributed by atoms with Crippen molar-refractivity contribution in [3.63, 3.8) is 0 Å². The number of hydrogen-bond acceptors (Lipinski definition) is 5. The van der Waals surface area contributed by atoms with Gasteiger partial charge in [-0.25, -0.2) is 0 Å². The molecule has 1 amide bonds. The van der Waals surface area contributed by atoms with Crippen molar-refractivity contribution in [1.29, 1.82) is 0 Å². The van der Waals surface area contributed by atoms with Crippen LogP contribution < -0.4 is 9.64 Å². The number of benzene rings is 1. The van der Waals surface area contributed by atoms with Crippen LogP contribution in [-0.2, 0) is 11.2 Å². The van der Waals surface area contributed by atoms with Gasteiger partial charge in [-0.3, -0.25) is 9.20 Å². The monoisotopic (exact) mass is 399 g/mol. The Morgan fingerprint density at radius 1 is 1.07 bits per heavy atom. The number of anilines is 1. The van der Waals surface area contributed by atoms with Crippen molar-refractivity contribution in [2.24, 2.45) is 0 Å². The molecule has 3 heterocycles. The summed E-state index contributed by atoms with van der Waals surface area (Å²) in [7, 11) is 1.63. The van der Waals surface area contributed by atoms with Crippen LogP contribution in [0.4, 0.5) is 5.95 Å². The zero-order valence-electron chi connectivity index (χ0n) is 15.7. The molecule has 4 rings (SSSR count). The summed E-state index contributed by atoms with van der Waals surface area (Å²) in [5.74, 6) is 1.70. The number of pyridine rings is 1. The zero-order chi connectivity index (χ0) is 19.5. The minimum Gasteiger partial charge on any atom is -0.497 e. The Kier molecular flexibility index (Phi) is 5.34. The topological polar surface area (TPSA) is 63.0 Å². The smallest absolute Gasteiger partial charge is 0.231 e. The first-order valence-electron chi connectivity index (χ1n) is 9.30. The quantitative estimate of drug-likeness (QED) is 0.675. The van der Waals surface area contributed by atoms with Crippen LogP contribution >= 0.6 is 11.6 Å². The highest BCUT2D eigenvalue weighted by atomic mass is 35.5. The van der Waals surface area contributed by atoms with Gasteiger partial charge in [-0.1, -0.05) is 23.7 Å². The van der Waals surface area contributed by atoms with Crippen molar-refractivity contribution in [1.82, 2.24) is 19.5 Å². The molecule has 0 radical (unpaired) electrons. The Hall–Kier alpha value is -2.80. The van der Waals surface area contributed by atoms with E-state index in [2.05, 4.69) is 15.1 Å². The van der Waals surface area contributed by atoms with E-state index in [-0.39, 0.29) is 5.91 Å². The number of amides is 1. The molecule has 0 spiro atoms. The Bertz CT molecular complexity index is 972. The largest absolute Gasteiger partial charge is 0.497 e. The second-order valence-electron chi connectivity index (χ2n) is 6.82. The molecule has 8 heteroatoms. The molecule has 1 aliphatic rings. The van der Waals surface area contributed by atoms with E-state index in [1.54, 1.807) is 13.2 Å². The van der Waals surface area contributed by atoms with Gasteiger partial charge in [0.05, 0.1) is 18.6 Å². The van der Waals surface area contributed by atoms with Crippen LogP contribution in [-0.4, -0.2) is 58.7 Å². The van der Waals surface area contributed by atoms with E-state index >= 15 is 0 Å². The van der Waals surface area contributed by atoms with Gasteiger partial charge in [-0.05, 0) is 36.2 Å². The Morgan fingerprint density at radius 3 is 2.68 bits per heavy atom. The lowest BCUT2D eigenvalue weighted by molar-refractivity contribution is -0.130. The summed E-state index contributed by atoms with van der Waals surface area (Å²) in [5.41, 5.74) is 1.75. The molecule has 0 atom stereocenters. The predicted molar refractivity (Wildman–Crippen MR) is 108 cm³/mol. The first kappa shape index (κ1) is 18.6. The van der Waals surface area contributed by atoms with Crippen molar-refractivity contribution in [3.05, 3.63) is 53.2 Å². The fourth-order valence-electron chi connectivity index (χ4n) is 3.47. The van der Waals surface area contributed by atoms with Gasteiger partial charge in [0, 0.05) is 32.4 Å². The number of carbonyl (C=O) groups excluding carboxylic acids is 1. The van der Waals surface area contributed by atoms with Crippen LogP contribution in [0.25, 0.3) is 5.65 Å². The third kappa shape index (κ3) is 3.89. The molecule has 3 aromatic rings. The predicted octanol–water partition coefficient (Wildman–Crippen LogP) is 2.67. The number of aromatic nitrogens is 3. The lowest BCUT2D eigenvalue weighted by atomic mass is 10.1. The summed E-state index contributed by atoms with van der Waals surface area (Å²) in [6.45, 7) is 2.93. The summed E-state index contributed by atoms with van der Waals surface area (Å²) in [5, 5.41) is 9.17. The van der Waals surface area contributed by atoms with E-state index in [1.165, 1.54) is 0 Å². The normalized spacial score (nSPS) is 14.9. The highest BCUT2D eigenvalue weighted by molar-refractivity contribution is 6.30. The van der Waals surface area contributed by atoms with Crippen LogP contribution in [0, 0.1) is 0 Å². The van der Waals surface area contributed by atoms with Gasteiger partial charge in [0.15, 0.2) is 5.65 Å². The fourth-order valence-corrected chi connectivity index (χ4v) is 3.63. The third-order valence-electron chi connectivity index (χ3n) is 4.99. The molecule has 1 fully saturated rings. The van der Waals surface area contributed by atoms with E-state index in [0.29, 0.717) is 24.5 Å². The number of methoxy groups -OCH3 is 1. The molecule has 1 saturated heterocycles. The van der Waals surface area contributed by atoms with Crippen molar-refractivity contribution < 1.29 is 9.53 Å². The average molecular weight is 400 g/mol. The summed E-state index contributed by atoms with van der Waals surface area (Å²) in [4.78, 5) is 16.8. The van der Waals surface area contributed by atoms with Crippen LogP contribution in [0.1, 0.15) is 12.0 Å². The molecule has 0 N–H and O–H groups in total. The highest BCUT2D eigenvalue weighted by Gasteiger charge is 2.22. The van der Waals surface area contributed by atoms with Gasteiger partial charge in [-0.15, -0.1) is 10.2 Å². The first-order valence-corrected chi connectivity index (χ1v) is 9.68. The zero-order valence-corrected chi connectivity index (χ0v) is 16.5. The second kappa shape index (κ2) is 8.06. The molecule has 0 bridgehead atoms. The van der Waals surface area contributed by atoms with Gasteiger partial charge in [-0.2, -0.15) is 0 Å². The van der Waals surface area contributed by atoms with Gasteiger partial charge in [0.1, 0.15) is 5.75 Å². The SMILES string of the molecule is COc1ccc(CC(=O)N2CCCN(c3nnc4ccc(Cl)cn34)CC2)cc1. The first-order chi connectivity index (χ1) is 13.6. The third-order valence-corrected chi connectivity index (χ3v) is 5.22. The molecule has 1 aliphatic heterocycles. The molecular weight excluding hydrogens is 378 g/mol. The minimum absolute atomic E-state index is 0.140. The van der Waals surface area contributed by atoms with Crippen LogP contribution in [0.15, 0.2) is 42.6 Å². The van der Waals surface area contributed by atoms with Crippen LogP contribution in [0.3, 0.4) is 0 Å². The van der Waals surface area contributed by atoms with Crippen molar-refractivity contribution >= 4 is 29.1 Å². The van der Waals surface area contributed by atoms with Crippen LogP contribution in [0.5, 0.6) is 5.75 Å². The summed E-state index contributed by atoms with van der Waals surface area (Å²) >= 11 is 6.12. The number of nitrogens with zero attached hydrogens (tertiary/aromatic N) is 5. The molecule has 0 saturated carbocycles. The maximum atomic E-state index is 12.8. The summed E-state index contributed by atoms with van der Waals surface area (Å²) in [6, 6.07) is 11.3. The van der Waals surface area contributed by atoms with Crippen molar-refractivity contribution in [2.45, 2.75) is 12.8 Å². The van der Waals surface area contributed by atoms with E-state index in [1.807, 2.05) is 45.8 Å². The molecule has 1 aromatic carbocycles. The van der Waals surface area contributed by atoms with Crippen LogP contribution in [0.2, 0.25) is 5.02 Å². The molecular formula is C20H22ClN5O2. The number of rotatable bonds is 4. The number of fused-ring (bicyclic) bond motifs is 1. The maximum Gasteiger partial charge on any atom is 0.231 e. The Balaban J connectivity index is 1.42. The number of hydrogen-bond donors (Lipinski definition) is 0. The highest BCUT2D eigenvalue weighted by Crippen LogP contribution is 2.19. The lowest BCUT2D eigenvalue weighted by Gasteiger charge is -2.22. The summed E-state index contributed by atoms with van der Waals surface area (Å²) in [6.07, 6.45) is 3.10. The van der Waals surface area contributed by atoms with Crippen molar-refractivity contribution in [2.75, 3.05) is 38.2 Å². The number of halogens is 1. The van der Waals surface area contributed by atoms with Gasteiger partial charge in [0.25, 0.3) is 0 Å². The maximum absolute atomic E-state index is 12.8. The number of ether oxygens (including phenoxy) is 1. The van der Waals surface area contributed by atoms with Gasteiger partial charge < -0.3 is 14.5 Å². The standard InChI is InChI=1S/C20H22ClN5O2/c1-28-17-6-3-15(4-7-17)13-19(27)24-9-2-10-25(12-11-24)20-23-22-18-8-5-16(21)14-26(18)20/h3-8,14H,2,9-13H2,1H3. The van der Waals surface area contributed by atoms with E-state index in [4.69, 9.17) is 16.3 Å². The molecule has 146 valence electrons. The Labute approximate surface area is 168 Å².